The fraction of sp³-hybridized carbons (Fsp3) is 0.500. The molecule has 0 aliphatic rings. The predicted octanol–water partition coefficient (Wildman–Crippen LogP) is -0.364. The first-order valence-electron chi connectivity index (χ1n) is 3.62. The summed E-state index contributed by atoms with van der Waals surface area (Å²) < 4.78 is 4.58. The fourth-order valence-electron chi connectivity index (χ4n) is 0.588. The number of aliphatic carboxylic acids is 1. The summed E-state index contributed by atoms with van der Waals surface area (Å²) in [6.45, 7) is 5.20. The van der Waals surface area contributed by atoms with Crippen molar-refractivity contribution >= 4 is 11.9 Å². The number of ether oxygens (including phenoxy) is 1. The fourth-order valence-corrected chi connectivity index (χ4v) is 0.588. The van der Waals surface area contributed by atoms with Crippen molar-refractivity contribution in [2.45, 2.75) is 19.8 Å². The first kappa shape index (κ1) is 10.7. The van der Waals surface area contributed by atoms with Crippen molar-refractivity contribution in [1.29, 1.82) is 0 Å². The van der Waals surface area contributed by atoms with E-state index in [1.165, 1.54) is 0 Å². The third-order valence-electron chi connectivity index (χ3n) is 1.22. The minimum atomic E-state index is -1.32. The summed E-state index contributed by atoms with van der Waals surface area (Å²) >= 11 is 0. The van der Waals surface area contributed by atoms with Gasteiger partial charge in [-0.05, 0) is 18.9 Å². The van der Waals surface area contributed by atoms with E-state index in [0.29, 0.717) is 6.61 Å². The summed E-state index contributed by atoms with van der Waals surface area (Å²) in [5.74, 6) is -1.74. The summed E-state index contributed by atoms with van der Waals surface area (Å²) in [5, 5.41) is 10.1. The van der Waals surface area contributed by atoms with Crippen LogP contribution in [0.3, 0.4) is 0 Å². The summed E-state index contributed by atoms with van der Waals surface area (Å²) in [6.07, 6.45) is 0.127. The van der Waals surface area contributed by atoms with Crippen LogP contribution in [0, 0.1) is 0 Å². The molecule has 12 heavy (non-hydrogen) atoms. The highest BCUT2D eigenvalue weighted by Gasteiger charge is 2.02. The van der Waals surface area contributed by atoms with E-state index in [9.17, 15) is 14.7 Å². The van der Waals surface area contributed by atoms with Gasteiger partial charge >= 0.3 is 5.97 Å². The SMILES string of the molecule is C=C(CCC(=O)OCC)C(=O)[O-]. The minimum absolute atomic E-state index is 0.0423. The highest BCUT2D eigenvalue weighted by Crippen LogP contribution is 2.01. The molecule has 0 aliphatic heterocycles. The monoisotopic (exact) mass is 171 g/mol. The molecule has 0 saturated carbocycles. The number of esters is 1. The molecule has 0 rings (SSSR count). The van der Waals surface area contributed by atoms with Gasteiger partial charge in [-0.15, -0.1) is 0 Å². The second kappa shape index (κ2) is 5.35. The molecule has 4 heteroatoms. The molecule has 0 radical (unpaired) electrons. The van der Waals surface area contributed by atoms with Crippen LogP contribution in [0.25, 0.3) is 0 Å². The summed E-state index contributed by atoms with van der Waals surface area (Å²) in [4.78, 5) is 20.8. The molecule has 0 aromatic heterocycles. The molecule has 0 aromatic carbocycles. The van der Waals surface area contributed by atoms with Crippen LogP contribution in [0.15, 0.2) is 12.2 Å². The molecule has 0 bridgehead atoms. The van der Waals surface area contributed by atoms with Crippen LogP contribution >= 0.6 is 0 Å². The van der Waals surface area contributed by atoms with Gasteiger partial charge in [-0.3, -0.25) is 4.79 Å². The molecular weight excluding hydrogens is 160 g/mol. The smallest absolute Gasteiger partial charge is 0.306 e. The Labute approximate surface area is 70.8 Å². The van der Waals surface area contributed by atoms with E-state index in [-0.39, 0.29) is 18.4 Å². The molecule has 68 valence electrons. The Bertz CT molecular complexity index is 195. The van der Waals surface area contributed by atoms with Crippen LogP contribution in [0.4, 0.5) is 0 Å². The molecule has 0 atom stereocenters. The number of carbonyl (C=O) groups excluding carboxylic acids is 2. The lowest BCUT2D eigenvalue weighted by molar-refractivity contribution is -0.299. The Morgan fingerprint density at radius 3 is 2.42 bits per heavy atom. The van der Waals surface area contributed by atoms with Crippen molar-refractivity contribution in [2.75, 3.05) is 6.61 Å². The van der Waals surface area contributed by atoms with Gasteiger partial charge in [0.2, 0.25) is 0 Å². The van der Waals surface area contributed by atoms with Gasteiger partial charge in [0.1, 0.15) is 0 Å². The standard InChI is InChI=1S/C8H12O4/c1-3-12-7(9)5-4-6(2)8(10)11/h2-5H2,1H3,(H,10,11)/p-1. The molecule has 0 unspecified atom stereocenters. The minimum Gasteiger partial charge on any atom is -0.545 e. The lowest BCUT2D eigenvalue weighted by Crippen LogP contribution is -2.24. The maximum absolute atomic E-state index is 10.7. The zero-order valence-electron chi connectivity index (χ0n) is 6.96. The Kier molecular flexibility index (Phi) is 4.76. The van der Waals surface area contributed by atoms with E-state index >= 15 is 0 Å². The lowest BCUT2D eigenvalue weighted by atomic mass is 10.2. The first-order chi connectivity index (χ1) is 5.57. The van der Waals surface area contributed by atoms with Crippen molar-refractivity contribution < 1.29 is 19.4 Å². The Hall–Kier alpha value is -1.32. The van der Waals surface area contributed by atoms with Crippen LogP contribution in [0.2, 0.25) is 0 Å². The number of hydrogen-bond acceptors (Lipinski definition) is 4. The Morgan fingerprint density at radius 2 is 2.00 bits per heavy atom. The molecule has 0 spiro atoms. The van der Waals surface area contributed by atoms with Crippen molar-refractivity contribution in [3.8, 4) is 0 Å². The molecule has 0 N–H and O–H groups in total. The summed E-state index contributed by atoms with van der Waals surface area (Å²) in [7, 11) is 0. The molecule has 4 nitrogen and oxygen atoms in total. The molecule has 0 fully saturated rings. The van der Waals surface area contributed by atoms with Gasteiger partial charge in [0.15, 0.2) is 0 Å². The molecule has 0 amide bonds. The van der Waals surface area contributed by atoms with Crippen molar-refractivity contribution in [3.05, 3.63) is 12.2 Å². The third kappa shape index (κ3) is 4.49. The number of rotatable bonds is 5. The van der Waals surface area contributed by atoms with E-state index in [1.807, 2.05) is 0 Å². The maximum atomic E-state index is 10.7. The molecular formula is C8H11O4-. The van der Waals surface area contributed by atoms with Crippen LogP contribution in [0.1, 0.15) is 19.8 Å². The predicted molar refractivity (Wildman–Crippen MR) is 40.0 cm³/mol. The number of carboxylic acids is 1. The van der Waals surface area contributed by atoms with Gasteiger partial charge in [0, 0.05) is 6.42 Å². The van der Waals surface area contributed by atoms with E-state index in [0.717, 1.165) is 0 Å². The Morgan fingerprint density at radius 1 is 1.42 bits per heavy atom. The van der Waals surface area contributed by atoms with Gasteiger partial charge in [-0.25, -0.2) is 0 Å². The average Bonchev–Trinajstić information content (AvgIpc) is 2.00. The van der Waals surface area contributed by atoms with E-state index in [1.54, 1.807) is 6.92 Å². The second-order valence-corrected chi connectivity index (χ2v) is 2.20. The number of hydrogen-bond donors (Lipinski definition) is 0. The van der Waals surface area contributed by atoms with Gasteiger partial charge < -0.3 is 14.6 Å². The third-order valence-corrected chi connectivity index (χ3v) is 1.22. The van der Waals surface area contributed by atoms with Crippen LogP contribution < -0.4 is 5.11 Å². The summed E-state index contributed by atoms with van der Waals surface area (Å²) in [6, 6.07) is 0. The van der Waals surface area contributed by atoms with Gasteiger partial charge in [-0.2, -0.15) is 0 Å². The first-order valence-corrected chi connectivity index (χ1v) is 3.62. The topological polar surface area (TPSA) is 66.4 Å². The number of carboxylic acid groups (broad SMARTS) is 1. The molecule has 0 aliphatic carbocycles. The molecule has 0 saturated heterocycles. The zero-order chi connectivity index (χ0) is 9.56. The zero-order valence-corrected chi connectivity index (χ0v) is 6.96. The second-order valence-electron chi connectivity index (χ2n) is 2.20. The van der Waals surface area contributed by atoms with Gasteiger partial charge in [-0.1, -0.05) is 6.58 Å². The van der Waals surface area contributed by atoms with E-state index in [4.69, 9.17) is 0 Å². The average molecular weight is 171 g/mol. The largest absolute Gasteiger partial charge is 0.545 e. The maximum Gasteiger partial charge on any atom is 0.306 e. The highest BCUT2D eigenvalue weighted by atomic mass is 16.5. The molecule has 0 aromatic rings. The summed E-state index contributed by atoms with van der Waals surface area (Å²) in [5.41, 5.74) is -0.0805. The normalized spacial score (nSPS) is 9.08. The van der Waals surface area contributed by atoms with E-state index < -0.39 is 11.9 Å². The van der Waals surface area contributed by atoms with Gasteiger partial charge in [0.05, 0.1) is 12.6 Å². The van der Waals surface area contributed by atoms with E-state index in [2.05, 4.69) is 11.3 Å². The van der Waals surface area contributed by atoms with Crippen LogP contribution in [0.5, 0.6) is 0 Å². The quantitative estimate of drug-likeness (QED) is 0.418. The van der Waals surface area contributed by atoms with Crippen molar-refractivity contribution in [3.63, 3.8) is 0 Å². The van der Waals surface area contributed by atoms with Crippen molar-refractivity contribution in [2.24, 2.45) is 0 Å². The lowest BCUT2D eigenvalue weighted by Gasteiger charge is -2.05. The highest BCUT2D eigenvalue weighted by molar-refractivity contribution is 5.84. The number of carbonyl (C=O) groups is 2. The van der Waals surface area contributed by atoms with Crippen molar-refractivity contribution in [1.82, 2.24) is 0 Å². The Balaban J connectivity index is 3.61. The molecule has 0 heterocycles. The van der Waals surface area contributed by atoms with Gasteiger partial charge in [0.25, 0.3) is 0 Å². The van der Waals surface area contributed by atoms with Crippen LogP contribution in [-0.2, 0) is 14.3 Å². The van der Waals surface area contributed by atoms with Crippen LogP contribution in [-0.4, -0.2) is 18.5 Å².